The number of methoxy groups -OCH3 is 1. The van der Waals surface area contributed by atoms with E-state index in [0.717, 1.165) is 5.56 Å². The first-order valence-corrected chi connectivity index (χ1v) is 7.48. The molecule has 23 heavy (non-hydrogen) atoms. The quantitative estimate of drug-likeness (QED) is 0.856. The molecule has 122 valence electrons. The molecule has 0 aromatic heterocycles. The van der Waals surface area contributed by atoms with Crippen molar-refractivity contribution in [1.29, 1.82) is 0 Å². The zero-order valence-corrected chi connectivity index (χ0v) is 14.1. The molecule has 0 spiro atoms. The number of halogens is 2. The fourth-order valence-corrected chi connectivity index (χ4v) is 2.54. The molecule has 7 heteroatoms. The number of nitrogens with zero attached hydrogens (tertiary/aromatic N) is 1. The van der Waals surface area contributed by atoms with E-state index >= 15 is 0 Å². The molecule has 0 aliphatic heterocycles. The zero-order chi connectivity index (χ0) is 17.0. The van der Waals surface area contributed by atoms with E-state index in [2.05, 4.69) is 5.32 Å². The smallest absolute Gasteiger partial charge is 0.321 e. The van der Waals surface area contributed by atoms with Crippen LogP contribution in [0, 0.1) is 0 Å². The highest BCUT2D eigenvalue weighted by molar-refractivity contribution is 6.35. The third kappa shape index (κ3) is 4.68. The first-order valence-electron chi connectivity index (χ1n) is 6.73. The molecule has 0 unspecified atom stereocenters. The molecule has 0 aliphatic rings. The molecule has 0 saturated carbocycles. The molecule has 5 nitrogen and oxygen atoms in total. The lowest BCUT2D eigenvalue weighted by Gasteiger charge is -2.19. The van der Waals surface area contributed by atoms with E-state index in [0.29, 0.717) is 28.0 Å². The first-order chi connectivity index (χ1) is 10.9. The third-order valence-corrected chi connectivity index (χ3v) is 3.56. The van der Waals surface area contributed by atoms with Gasteiger partial charge in [-0.2, -0.15) is 0 Å². The second-order valence-electron chi connectivity index (χ2n) is 4.95. The van der Waals surface area contributed by atoms with Crippen LogP contribution in [-0.2, 0) is 6.54 Å². The van der Waals surface area contributed by atoms with Gasteiger partial charge in [0.15, 0.2) is 11.5 Å². The van der Waals surface area contributed by atoms with Crippen LogP contribution in [0.5, 0.6) is 11.5 Å². The number of nitrogens with one attached hydrogen (secondary N) is 1. The molecular weight excluding hydrogens is 339 g/mol. The van der Waals surface area contributed by atoms with Crippen molar-refractivity contribution in [3.8, 4) is 11.5 Å². The Morgan fingerprint density at radius 3 is 2.48 bits per heavy atom. The molecular formula is C16H16Cl2N2O3. The van der Waals surface area contributed by atoms with E-state index in [1.807, 2.05) is 0 Å². The lowest BCUT2D eigenvalue weighted by Crippen LogP contribution is -2.30. The number of carbonyl (C=O) groups excluding carboxylic acids is 1. The van der Waals surface area contributed by atoms with Crippen molar-refractivity contribution >= 4 is 34.9 Å². The zero-order valence-electron chi connectivity index (χ0n) is 12.6. The second-order valence-corrected chi connectivity index (χ2v) is 5.82. The summed E-state index contributed by atoms with van der Waals surface area (Å²) in [7, 11) is 3.12. The first kappa shape index (κ1) is 17.2. The molecule has 2 aromatic carbocycles. The van der Waals surface area contributed by atoms with Gasteiger partial charge in [-0.15, -0.1) is 0 Å². The molecule has 0 fully saturated rings. The van der Waals surface area contributed by atoms with Crippen LogP contribution in [0.4, 0.5) is 10.5 Å². The number of phenols is 1. The minimum Gasteiger partial charge on any atom is -0.504 e. The Labute approximate surface area is 144 Å². The molecule has 2 N–H and O–H groups in total. The monoisotopic (exact) mass is 354 g/mol. The van der Waals surface area contributed by atoms with E-state index in [9.17, 15) is 9.90 Å². The van der Waals surface area contributed by atoms with Gasteiger partial charge < -0.3 is 20.1 Å². The number of benzene rings is 2. The summed E-state index contributed by atoms with van der Waals surface area (Å²) < 4.78 is 5.05. The number of carbonyl (C=O) groups is 1. The van der Waals surface area contributed by atoms with Crippen LogP contribution < -0.4 is 10.1 Å². The predicted molar refractivity (Wildman–Crippen MR) is 91.6 cm³/mol. The Bertz CT molecular complexity index is 702. The number of ether oxygens (including phenoxy) is 1. The highest BCUT2D eigenvalue weighted by Crippen LogP contribution is 2.27. The van der Waals surface area contributed by atoms with Gasteiger partial charge in [-0.05, 0) is 35.9 Å². The fourth-order valence-electron chi connectivity index (χ4n) is 2.01. The van der Waals surface area contributed by atoms with Gasteiger partial charge in [-0.25, -0.2) is 4.79 Å². The predicted octanol–water partition coefficient (Wildman–Crippen LogP) is 4.37. The average molecular weight is 355 g/mol. The summed E-state index contributed by atoms with van der Waals surface area (Å²) >= 11 is 11.8. The molecule has 0 atom stereocenters. The van der Waals surface area contributed by atoms with Crippen molar-refractivity contribution in [2.24, 2.45) is 0 Å². The molecule has 2 rings (SSSR count). The van der Waals surface area contributed by atoms with Crippen molar-refractivity contribution < 1.29 is 14.6 Å². The van der Waals surface area contributed by atoms with E-state index in [1.54, 1.807) is 37.4 Å². The van der Waals surface area contributed by atoms with Crippen molar-refractivity contribution in [3.05, 3.63) is 52.0 Å². The normalized spacial score (nSPS) is 10.3. The Kier molecular flexibility index (Phi) is 5.58. The average Bonchev–Trinajstić information content (AvgIpc) is 2.48. The maximum absolute atomic E-state index is 12.2. The minimum absolute atomic E-state index is 0.0527. The lowest BCUT2D eigenvalue weighted by molar-refractivity contribution is 0.220. The Balaban J connectivity index is 2.05. The third-order valence-electron chi connectivity index (χ3n) is 3.12. The van der Waals surface area contributed by atoms with Crippen molar-refractivity contribution in [1.82, 2.24) is 4.90 Å². The highest BCUT2D eigenvalue weighted by Gasteiger charge is 2.12. The molecule has 0 heterocycles. The van der Waals surface area contributed by atoms with Crippen molar-refractivity contribution in [2.75, 3.05) is 19.5 Å². The number of rotatable bonds is 4. The van der Waals surface area contributed by atoms with Gasteiger partial charge in [-0.3, -0.25) is 0 Å². The molecule has 0 radical (unpaired) electrons. The van der Waals surface area contributed by atoms with Gasteiger partial charge in [-0.1, -0.05) is 29.3 Å². The number of urea groups is 1. The SMILES string of the molecule is COc1cc(CN(C)C(=O)Nc2cc(Cl)cc(Cl)c2)ccc1O. The van der Waals surface area contributed by atoms with Crippen LogP contribution in [-0.4, -0.2) is 30.2 Å². The molecule has 2 aromatic rings. The largest absolute Gasteiger partial charge is 0.504 e. The van der Waals surface area contributed by atoms with E-state index in [1.165, 1.54) is 18.1 Å². The standard InChI is InChI=1S/C16H16Cl2N2O3/c1-20(9-10-3-4-14(21)15(5-10)23-2)16(22)19-13-7-11(17)6-12(18)8-13/h3-8,21H,9H2,1-2H3,(H,19,22). The molecule has 0 bridgehead atoms. The van der Waals surface area contributed by atoms with Crippen LogP contribution >= 0.6 is 23.2 Å². The highest BCUT2D eigenvalue weighted by atomic mass is 35.5. The Morgan fingerprint density at radius 2 is 1.87 bits per heavy atom. The summed E-state index contributed by atoms with van der Waals surface area (Å²) in [5.74, 6) is 0.412. The number of anilines is 1. The van der Waals surface area contributed by atoms with Crippen molar-refractivity contribution in [3.63, 3.8) is 0 Å². The van der Waals surface area contributed by atoms with Gasteiger partial charge in [0.2, 0.25) is 0 Å². The summed E-state index contributed by atoms with van der Waals surface area (Å²) in [5.41, 5.74) is 1.34. The van der Waals surface area contributed by atoms with E-state index in [4.69, 9.17) is 27.9 Å². The summed E-state index contributed by atoms with van der Waals surface area (Å²) in [6.07, 6.45) is 0. The number of hydrogen-bond donors (Lipinski definition) is 2. The molecule has 0 saturated heterocycles. The van der Waals surface area contributed by atoms with Gasteiger partial charge in [0.05, 0.1) is 7.11 Å². The lowest BCUT2D eigenvalue weighted by atomic mass is 10.2. The number of phenolic OH excluding ortho intramolecular Hbond substituents is 1. The Morgan fingerprint density at radius 1 is 1.22 bits per heavy atom. The van der Waals surface area contributed by atoms with Crippen LogP contribution in [0.25, 0.3) is 0 Å². The van der Waals surface area contributed by atoms with Crippen LogP contribution in [0.15, 0.2) is 36.4 Å². The summed E-state index contributed by atoms with van der Waals surface area (Å²) in [6.45, 7) is 0.344. The molecule has 0 aliphatic carbocycles. The maximum atomic E-state index is 12.2. The summed E-state index contributed by atoms with van der Waals surface area (Å²) in [4.78, 5) is 13.7. The molecule has 2 amide bonds. The van der Waals surface area contributed by atoms with Crippen LogP contribution in [0.1, 0.15) is 5.56 Å². The van der Waals surface area contributed by atoms with Gasteiger partial charge in [0, 0.05) is 29.3 Å². The van der Waals surface area contributed by atoms with Gasteiger partial charge in [0.25, 0.3) is 0 Å². The summed E-state index contributed by atoms with van der Waals surface area (Å²) in [5, 5.41) is 13.2. The van der Waals surface area contributed by atoms with Crippen LogP contribution in [0.2, 0.25) is 10.0 Å². The van der Waals surface area contributed by atoms with Crippen molar-refractivity contribution in [2.45, 2.75) is 6.54 Å². The van der Waals surface area contributed by atoms with Crippen LogP contribution in [0.3, 0.4) is 0 Å². The fraction of sp³-hybridized carbons (Fsp3) is 0.188. The number of amides is 2. The minimum atomic E-state index is -0.310. The summed E-state index contributed by atoms with van der Waals surface area (Å²) in [6, 6.07) is 9.43. The Hall–Kier alpha value is -2.11. The number of hydrogen-bond acceptors (Lipinski definition) is 3. The maximum Gasteiger partial charge on any atom is 0.321 e. The topological polar surface area (TPSA) is 61.8 Å². The van der Waals surface area contributed by atoms with E-state index < -0.39 is 0 Å². The van der Waals surface area contributed by atoms with Gasteiger partial charge in [0.1, 0.15) is 0 Å². The van der Waals surface area contributed by atoms with Gasteiger partial charge >= 0.3 is 6.03 Å². The van der Waals surface area contributed by atoms with E-state index in [-0.39, 0.29) is 11.8 Å². The number of aromatic hydroxyl groups is 1. The second kappa shape index (κ2) is 7.44.